The van der Waals surface area contributed by atoms with E-state index < -0.39 is 0 Å². The maximum atomic E-state index is 13.0. The first kappa shape index (κ1) is 19.6. The highest BCUT2D eigenvalue weighted by Gasteiger charge is 2.22. The van der Waals surface area contributed by atoms with Gasteiger partial charge in [0.15, 0.2) is 11.2 Å². The molecule has 0 N–H and O–H groups in total. The van der Waals surface area contributed by atoms with Gasteiger partial charge in [-0.1, -0.05) is 30.2 Å². The SMILES string of the molecule is Cc1ccc(C)c(Cn2c(CN3CCCCC3)nc3c2c(=O)n(C)c(=O)n3C)c1. The summed E-state index contributed by atoms with van der Waals surface area (Å²) in [5.41, 5.74) is 3.88. The Morgan fingerprint density at radius 3 is 2.41 bits per heavy atom. The second-order valence-corrected chi connectivity index (χ2v) is 8.26. The zero-order chi connectivity index (χ0) is 20.7. The standard InChI is InChI=1S/C22H29N5O2/c1-15-8-9-16(2)17(12-15)13-27-18(14-26-10-6-5-7-11-26)23-20-19(27)21(28)25(4)22(29)24(20)3/h8-9,12H,5-7,10-11,13-14H2,1-4H3. The van der Waals surface area contributed by atoms with Crippen LogP contribution in [0.3, 0.4) is 0 Å². The Morgan fingerprint density at radius 2 is 1.69 bits per heavy atom. The molecular formula is C22H29N5O2. The minimum absolute atomic E-state index is 0.286. The van der Waals surface area contributed by atoms with Gasteiger partial charge in [-0.15, -0.1) is 0 Å². The van der Waals surface area contributed by atoms with Crippen LogP contribution in [-0.2, 0) is 27.2 Å². The molecule has 29 heavy (non-hydrogen) atoms. The zero-order valence-electron chi connectivity index (χ0n) is 17.7. The number of fused-ring (bicyclic) bond motifs is 1. The maximum Gasteiger partial charge on any atom is 0.332 e. The molecular weight excluding hydrogens is 366 g/mol. The van der Waals surface area contributed by atoms with Gasteiger partial charge in [-0.3, -0.25) is 18.8 Å². The summed E-state index contributed by atoms with van der Waals surface area (Å²) in [4.78, 5) is 32.7. The first-order chi connectivity index (χ1) is 13.9. The minimum Gasteiger partial charge on any atom is -0.317 e. The van der Waals surface area contributed by atoms with E-state index in [2.05, 4.69) is 36.9 Å². The predicted octanol–water partition coefficient (Wildman–Crippen LogP) is 2.08. The average Bonchev–Trinajstić information content (AvgIpc) is 3.06. The van der Waals surface area contributed by atoms with E-state index in [0.717, 1.165) is 18.9 Å². The topological polar surface area (TPSA) is 65.1 Å². The molecule has 3 aromatic rings. The monoisotopic (exact) mass is 395 g/mol. The molecule has 0 aliphatic carbocycles. The number of piperidine rings is 1. The van der Waals surface area contributed by atoms with E-state index in [0.29, 0.717) is 24.3 Å². The van der Waals surface area contributed by atoms with Crippen LogP contribution in [0.25, 0.3) is 11.2 Å². The third-order valence-corrected chi connectivity index (χ3v) is 6.07. The molecule has 0 spiro atoms. The summed E-state index contributed by atoms with van der Waals surface area (Å²) >= 11 is 0. The molecule has 2 aromatic heterocycles. The van der Waals surface area contributed by atoms with Crippen LogP contribution in [0.4, 0.5) is 0 Å². The van der Waals surface area contributed by atoms with E-state index in [1.165, 1.54) is 52.1 Å². The number of rotatable bonds is 4. The van der Waals surface area contributed by atoms with Gasteiger partial charge < -0.3 is 4.57 Å². The highest BCUT2D eigenvalue weighted by molar-refractivity contribution is 5.71. The first-order valence-corrected chi connectivity index (χ1v) is 10.3. The summed E-state index contributed by atoms with van der Waals surface area (Å²) in [6.45, 7) is 7.52. The van der Waals surface area contributed by atoms with Crippen molar-refractivity contribution >= 4 is 11.2 Å². The predicted molar refractivity (Wildman–Crippen MR) is 114 cm³/mol. The smallest absolute Gasteiger partial charge is 0.317 e. The second-order valence-electron chi connectivity index (χ2n) is 8.26. The number of aromatic nitrogens is 4. The number of hydrogen-bond acceptors (Lipinski definition) is 4. The summed E-state index contributed by atoms with van der Waals surface area (Å²) in [5, 5.41) is 0. The Hall–Kier alpha value is -2.67. The molecule has 7 heteroatoms. The molecule has 1 saturated heterocycles. The average molecular weight is 396 g/mol. The van der Waals surface area contributed by atoms with E-state index >= 15 is 0 Å². The quantitative estimate of drug-likeness (QED) is 0.679. The van der Waals surface area contributed by atoms with E-state index in [1.807, 2.05) is 4.57 Å². The van der Waals surface area contributed by atoms with Crippen LogP contribution in [0.15, 0.2) is 27.8 Å². The van der Waals surface area contributed by atoms with Gasteiger partial charge in [-0.25, -0.2) is 9.78 Å². The summed E-state index contributed by atoms with van der Waals surface area (Å²) in [5.74, 6) is 0.848. The number of hydrogen-bond donors (Lipinski definition) is 0. The first-order valence-electron chi connectivity index (χ1n) is 10.3. The Morgan fingerprint density at radius 1 is 0.966 bits per heavy atom. The summed E-state index contributed by atoms with van der Waals surface area (Å²) in [7, 11) is 3.22. The number of nitrogens with zero attached hydrogens (tertiary/aromatic N) is 5. The van der Waals surface area contributed by atoms with Gasteiger partial charge in [0.05, 0.1) is 6.54 Å². The summed E-state index contributed by atoms with van der Waals surface area (Å²) in [6.07, 6.45) is 3.65. The number of likely N-dealkylation sites (tertiary alicyclic amines) is 1. The van der Waals surface area contributed by atoms with Crippen LogP contribution in [0, 0.1) is 13.8 Å². The second kappa shape index (κ2) is 7.63. The van der Waals surface area contributed by atoms with Gasteiger partial charge >= 0.3 is 5.69 Å². The van der Waals surface area contributed by atoms with Crippen molar-refractivity contribution in [3.05, 3.63) is 61.6 Å². The van der Waals surface area contributed by atoms with Gasteiger partial charge in [0.25, 0.3) is 5.56 Å². The molecule has 0 saturated carbocycles. The highest BCUT2D eigenvalue weighted by atomic mass is 16.2. The lowest BCUT2D eigenvalue weighted by atomic mass is 10.1. The fraction of sp³-hybridized carbons (Fsp3) is 0.500. The van der Waals surface area contributed by atoms with E-state index in [9.17, 15) is 9.59 Å². The maximum absolute atomic E-state index is 13.0. The molecule has 3 heterocycles. The molecule has 1 aromatic carbocycles. The molecule has 0 amide bonds. The molecule has 1 aliphatic rings. The van der Waals surface area contributed by atoms with E-state index in [-0.39, 0.29) is 11.2 Å². The van der Waals surface area contributed by atoms with Crippen LogP contribution in [-0.4, -0.2) is 36.7 Å². The van der Waals surface area contributed by atoms with E-state index in [1.54, 1.807) is 7.05 Å². The zero-order valence-corrected chi connectivity index (χ0v) is 17.7. The normalized spacial score (nSPS) is 15.3. The lowest BCUT2D eigenvalue weighted by Crippen LogP contribution is -2.37. The molecule has 0 radical (unpaired) electrons. The van der Waals surface area contributed by atoms with Crippen LogP contribution in [0.5, 0.6) is 0 Å². The van der Waals surface area contributed by atoms with Crippen molar-refractivity contribution in [1.82, 2.24) is 23.6 Å². The summed E-state index contributed by atoms with van der Waals surface area (Å²) < 4.78 is 4.68. The van der Waals surface area contributed by atoms with Gasteiger partial charge in [0, 0.05) is 20.6 Å². The van der Waals surface area contributed by atoms with Crippen LogP contribution >= 0.6 is 0 Å². The third-order valence-electron chi connectivity index (χ3n) is 6.07. The minimum atomic E-state index is -0.344. The highest BCUT2D eigenvalue weighted by Crippen LogP contribution is 2.20. The molecule has 0 bridgehead atoms. The Kier molecular flexibility index (Phi) is 5.17. The Balaban J connectivity index is 1.90. The number of imidazole rings is 1. The van der Waals surface area contributed by atoms with Crippen LogP contribution in [0.2, 0.25) is 0 Å². The van der Waals surface area contributed by atoms with Crippen molar-refractivity contribution in [2.24, 2.45) is 14.1 Å². The molecule has 154 valence electrons. The molecule has 1 fully saturated rings. The Labute approximate surface area is 170 Å². The third kappa shape index (κ3) is 3.55. The fourth-order valence-electron chi connectivity index (χ4n) is 4.24. The van der Waals surface area contributed by atoms with Gasteiger partial charge in [0.1, 0.15) is 5.82 Å². The van der Waals surface area contributed by atoms with Gasteiger partial charge in [-0.05, 0) is 50.9 Å². The lowest BCUT2D eigenvalue weighted by Gasteiger charge is -2.26. The number of benzene rings is 1. The van der Waals surface area contributed by atoms with Crippen molar-refractivity contribution < 1.29 is 0 Å². The molecule has 1 aliphatic heterocycles. The largest absolute Gasteiger partial charge is 0.332 e. The Bertz CT molecular complexity index is 1180. The molecule has 4 rings (SSSR count). The van der Waals surface area contributed by atoms with Crippen molar-refractivity contribution in [2.45, 2.75) is 46.2 Å². The number of aryl methyl sites for hydroxylation is 3. The fourth-order valence-corrected chi connectivity index (χ4v) is 4.24. The molecule has 7 nitrogen and oxygen atoms in total. The van der Waals surface area contributed by atoms with E-state index in [4.69, 9.17) is 4.98 Å². The van der Waals surface area contributed by atoms with Crippen LogP contribution in [0.1, 0.15) is 41.8 Å². The summed E-state index contributed by atoms with van der Waals surface area (Å²) in [6, 6.07) is 6.38. The van der Waals surface area contributed by atoms with Gasteiger partial charge in [-0.2, -0.15) is 0 Å². The lowest BCUT2D eigenvalue weighted by molar-refractivity contribution is 0.214. The van der Waals surface area contributed by atoms with Crippen molar-refractivity contribution in [2.75, 3.05) is 13.1 Å². The molecule has 0 unspecified atom stereocenters. The van der Waals surface area contributed by atoms with Crippen molar-refractivity contribution in [3.63, 3.8) is 0 Å². The molecule has 0 atom stereocenters. The van der Waals surface area contributed by atoms with Crippen molar-refractivity contribution in [1.29, 1.82) is 0 Å². The van der Waals surface area contributed by atoms with Crippen molar-refractivity contribution in [3.8, 4) is 0 Å². The van der Waals surface area contributed by atoms with Gasteiger partial charge in [0.2, 0.25) is 0 Å². The van der Waals surface area contributed by atoms with Crippen LogP contribution < -0.4 is 11.2 Å².